The van der Waals surface area contributed by atoms with Crippen LogP contribution in [0.25, 0.3) is 0 Å². The van der Waals surface area contributed by atoms with E-state index in [2.05, 4.69) is 0 Å². The Labute approximate surface area is 74.9 Å². The summed E-state index contributed by atoms with van der Waals surface area (Å²) in [5, 5.41) is 8.46. The van der Waals surface area contributed by atoms with E-state index in [1.165, 1.54) is 0 Å². The molecule has 1 N–H and O–H groups in total. The van der Waals surface area contributed by atoms with Crippen molar-refractivity contribution in [2.75, 3.05) is 0 Å². The average molecular weight is 182 g/mol. The van der Waals surface area contributed by atoms with E-state index < -0.39 is 17.7 Å². The van der Waals surface area contributed by atoms with Gasteiger partial charge in [-0.05, 0) is 18.8 Å². The van der Waals surface area contributed by atoms with Crippen molar-refractivity contribution >= 4 is 17.5 Å². The summed E-state index contributed by atoms with van der Waals surface area (Å²) < 4.78 is 0. The highest BCUT2D eigenvalue weighted by atomic mass is 16.4. The van der Waals surface area contributed by atoms with Crippen molar-refractivity contribution in [3.63, 3.8) is 0 Å². The number of fused-ring (bicyclic) bond motifs is 1. The molecule has 0 amide bonds. The van der Waals surface area contributed by atoms with Crippen molar-refractivity contribution in [3.8, 4) is 0 Å². The summed E-state index contributed by atoms with van der Waals surface area (Å²) in [6.45, 7) is 0. The second-order valence-electron chi connectivity index (χ2n) is 3.74. The van der Waals surface area contributed by atoms with E-state index in [4.69, 9.17) is 5.11 Å². The topological polar surface area (TPSA) is 71.4 Å². The van der Waals surface area contributed by atoms with E-state index in [1.807, 2.05) is 0 Å². The van der Waals surface area contributed by atoms with Crippen LogP contribution in [0.5, 0.6) is 0 Å². The van der Waals surface area contributed by atoms with Gasteiger partial charge in [0.05, 0.1) is 0 Å². The molecule has 2 rings (SSSR count). The predicted molar refractivity (Wildman–Crippen MR) is 42.0 cm³/mol. The summed E-state index contributed by atoms with van der Waals surface area (Å²) in [5.74, 6) is -2.79. The number of rotatable bonds is 2. The molecule has 3 atom stereocenters. The third-order valence-corrected chi connectivity index (χ3v) is 3.01. The first-order valence-corrected chi connectivity index (χ1v) is 4.43. The summed E-state index contributed by atoms with van der Waals surface area (Å²) in [6.07, 6.45) is 2.16. The highest BCUT2D eigenvalue weighted by molar-refractivity contribution is 6.35. The Morgan fingerprint density at radius 2 is 2.08 bits per heavy atom. The van der Waals surface area contributed by atoms with Gasteiger partial charge < -0.3 is 5.11 Å². The fraction of sp³-hybridized carbons (Fsp3) is 0.667. The first kappa shape index (κ1) is 8.41. The Morgan fingerprint density at radius 3 is 2.62 bits per heavy atom. The Bertz CT molecular complexity index is 294. The molecular formula is C9H10O4. The number of carbonyl (C=O) groups excluding carboxylic acids is 2. The van der Waals surface area contributed by atoms with Crippen molar-refractivity contribution in [1.82, 2.24) is 0 Å². The van der Waals surface area contributed by atoms with Crippen LogP contribution in [0.1, 0.15) is 19.3 Å². The van der Waals surface area contributed by atoms with E-state index in [0.29, 0.717) is 6.42 Å². The minimum atomic E-state index is -1.40. The monoisotopic (exact) mass is 182 g/mol. The molecule has 4 nitrogen and oxygen atoms in total. The minimum absolute atomic E-state index is 0.0462. The van der Waals surface area contributed by atoms with Gasteiger partial charge in [-0.3, -0.25) is 9.59 Å². The van der Waals surface area contributed by atoms with Gasteiger partial charge in [0, 0.05) is 18.3 Å². The molecule has 0 bridgehead atoms. The molecule has 0 aromatic rings. The number of ketones is 2. The number of carboxylic acids is 1. The van der Waals surface area contributed by atoms with E-state index in [-0.39, 0.29) is 17.6 Å². The molecule has 0 aliphatic heterocycles. The molecule has 0 saturated heterocycles. The van der Waals surface area contributed by atoms with Crippen molar-refractivity contribution in [1.29, 1.82) is 0 Å². The van der Waals surface area contributed by atoms with Gasteiger partial charge in [-0.2, -0.15) is 0 Å². The van der Waals surface area contributed by atoms with Gasteiger partial charge in [-0.25, -0.2) is 4.79 Å². The first-order valence-electron chi connectivity index (χ1n) is 4.43. The van der Waals surface area contributed by atoms with Gasteiger partial charge in [-0.1, -0.05) is 0 Å². The third kappa shape index (κ3) is 1.17. The molecule has 2 aliphatic rings. The van der Waals surface area contributed by atoms with Gasteiger partial charge in [0.2, 0.25) is 5.78 Å². The zero-order valence-electron chi connectivity index (χ0n) is 7.03. The summed E-state index contributed by atoms with van der Waals surface area (Å²) in [7, 11) is 0. The maximum absolute atomic E-state index is 11.2. The highest BCUT2D eigenvalue weighted by Gasteiger charge is 2.60. The molecule has 0 aromatic heterocycles. The lowest BCUT2D eigenvalue weighted by molar-refractivity contribution is -0.150. The normalized spacial score (nSPS) is 36.6. The second-order valence-corrected chi connectivity index (χ2v) is 3.74. The van der Waals surface area contributed by atoms with Gasteiger partial charge in [0.25, 0.3) is 0 Å². The third-order valence-electron chi connectivity index (χ3n) is 3.01. The Hall–Kier alpha value is -1.19. The summed E-state index contributed by atoms with van der Waals surface area (Å²) in [6, 6.07) is 0. The standard InChI is InChI=1S/C9H10O4/c10-5-3-1-2-4-6(5)7(4)8(11)9(12)13/h4,6-7H,1-3H2,(H,12,13). The molecule has 2 saturated carbocycles. The first-order chi connectivity index (χ1) is 6.13. The van der Waals surface area contributed by atoms with Crippen LogP contribution in [0, 0.1) is 17.8 Å². The smallest absolute Gasteiger partial charge is 0.372 e. The molecule has 0 spiro atoms. The number of Topliss-reactive ketones (excluding diaryl/α,β-unsaturated/α-hetero) is 2. The lowest BCUT2D eigenvalue weighted by atomic mass is 10.00. The number of carboxylic acid groups (broad SMARTS) is 1. The molecule has 70 valence electrons. The molecule has 2 fully saturated rings. The van der Waals surface area contributed by atoms with Gasteiger partial charge in [0.1, 0.15) is 5.78 Å². The van der Waals surface area contributed by atoms with E-state index in [9.17, 15) is 14.4 Å². The molecule has 3 unspecified atom stereocenters. The molecule has 2 aliphatic carbocycles. The number of hydrogen-bond acceptors (Lipinski definition) is 3. The molecule has 0 heterocycles. The van der Waals surface area contributed by atoms with Crippen LogP contribution in [0.3, 0.4) is 0 Å². The van der Waals surface area contributed by atoms with E-state index in [1.54, 1.807) is 0 Å². The SMILES string of the molecule is O=C(O)C(=O)C1C2CCCC(=O)C21. The summed E-state index contributed by atoms with van der Waals surface area (Å²) in [4.78, 5) is 32.7. The number of carbonyl (C=O) groups is 3. The zero-order chi connectivity index (χ0) is 9.59. The minimum Gasteiger partial charge on any atom is -0.475 e. The van der Waals surface area contributed by atoms with Crippen LogP contribution in [-0.4, -0.2) is 22.6 Å². The molecule has 4 heteroatoms. The van der Waals surface area contributed by atoms with Crippen LogP contribution < -0.4 is 0 Å². The van der Waals surface area contributed by atoms with Gasteiger partial charge >= 0.3 is 5.97 Å². The molecule has 0 radical (unpaired) electrons. The summed E-state index contributed by atoms with van der Waals surface area (Å²) in [5.41, 5.74) is 0. The van der Waals surface area contributed by atoms with Gasteiger partial charge in [0.15, 0.2) is 0 Å². The largest absolute Gasteiger partial charge is 0.475 e. The molecule has 13 heavy (non-hydrogen) atoms. The van der Waals surface area contributed by atoms with E-state index >= 15 is 0 Å². The predicted octanol–water partition coefficient (Wildman–Crippen LogP) is 0.255. The van der Waals surface area contributed by atoms with Crippen molar-refractivity contribution in [3.05, 3.63) is 0 Å². The van der Waals surface area contributed by atoms with Gasteiger partial charge in [-0.15, -0.1) is 0 Å². The average Bonchev–Trinajstić information content (AvgIpc) is 2.78. The van der Waals surface area contributed by atoms with E-state index in [0.717, 1.165) is 12.8 Å². The lowest BCUT2D eigenvalue weighted by Gasteiger charge is -2.04. The Kier molecular flexibility index (Phi) is 1.71. The quantitative estimate of drug-likeness (QED) is 0.621. The Balaban J connectivity index is 2.10. The number of aliphatic carboxylic acids is 1. The van der Waals surface area contributed by atoms with Crippen LogP contribution in [0.15, 0.2) is 0 Å². The summed E-state index contributed by atoms with van der Waals surface area (Å²) >= 11 is 0. The fourth-order valence-corrected chi connectivity index (χ4v) is 2.35. The Morgan fingerprint density at radius 1 is 1.38 bits per heavy atom. The van der Waals surface area contributed by atoms with Crippen LogP contribution >= 0.6 is 0 Å². The van der Waals surface area contributed by atoms with Crippen LogP contribution in [0.4, 0.5) is 0 Å². The molecular weight excluding hydrogens is 172 g/mol. The lowest BCUT2D eigenvalue weighted by Crippen LogP contribution is -2.17. The van der Waals surface area contributed by atoms with Crippen LogP contribution in [-0.2, 0) is 14.4 Å². The zero-order valence-corrected chi connectivity index (χ0v) is 7.03. The van der Waals surface area contributed by atoms with Crippen molar-refractivity contribution in [2.24, 2.45) is 17.8 Å². The highest BCUT2D eigenvalue weighted by Crippen LogP contribution is 2.53. The maximum atomic E-state index is 11.2. The fourth-order valence-electron chi connectivity index (χ4n) is 2.35. The number of hydrogen-bond donors (Lipinski definition) is 1. The second kappa shape index (κ2) is 2.65. The van der Waals surface area contributed by atoms with Crippen molar-refractivity contribution < 1.29 is 19.5 Å². The molecule has 0 aromatic carbocycles. The maximum Gasteiger partial charge on any atom is 0.372 e. The van der Waals surface area contributed by atoms with Crippen molar-refractivity contribution in [2.45, 2.75) is 19.3 Å². The van der Waals surface area contributed by atoms with Crippen LogP contribution in [0.2, 0.25) is 0 Å².